The fraction of sp³-hybridized carbons (Fsp3) is 0.542. The van der Waals surface area contributed by atoms with Crippen LogP contribution in [0.15, 0.2) is 18.3 Å². The van der Waals surface area contributed by atoms with E-state index in [1.807, 2.05) is 0 Å². The Bertz CT molecular complexity index is 1030. The third-order valence-electron chi connectivity index (χ3n) is 5.94. The molecule has 198 valence electrons. The van der Waals surface area contributed by atoms with E-state index in [2.05, 4.69) is 5.32 Å². The number of esters is 1. The first kappa shape index (κ1) is 27.3. The predicted octanol–water partition coefficient (Wildman–Crippen LogP) is 2.78. The Hall–Kier alpha value is -3.28. The largest absolute Gasteiger partial charge is 0.463 e. The monoisotopic (exact) mass is 513 g/mol. The van der Waals surface area contributed by atoms with Crippen LogP contribution in [0.25, 0.3) is 0 Å². The lowest BCUT2D eigenvalue weighted by Gasteiger charge is -2.36. The summed E-state index contributed by atoms with van der Waals surface area (Å²) in [5.74, 6) is -5.46. The zero-order valence-corrected chi connectivity index (χ0v) is 20.4. The number of nitrogens with one attached hydrogen (secondary N) is 1. The first-order valence-electron chi connectivity index (χ1n) is 11.7. The maximum absolute atomic E-state index is 15.1. The van der Waals surface area contributed by atoms with Gasteiger partial charge in [-0.2, -0.15) is 0 Å². The number of morpholine rings is 1. The average molecular weight is 514 g/mol. The zero-order valence-electron chi connectivity index (χ0n) is 20.4. The Balaban J connectivity index is 1.75. The number of benzene rings is 1. The first-order chi connectivity index (χ1) is 17.1. The average Bonchev–Trinajstić information content (AvgIpc) is 3.62. The van der Waals surface area contributed by atoms with Gasteiger partial charge in [-0.25, -0.2) is 22.8 Å². The summed E-state index contributed by atoms with van der Waals surface area (Å²) in [5.41, 5.74) is -2.56. The summed E-state index contributed by atoms with van der Waals surface area (Å²) in [6.45, 7) is 3.96. The molecule has 36 heavy (non-hydrogen) atoms. The zero-order chi connectivity index (χ0) is 26.5. The number of ketones is 1. The van der Waals surface area contributed by atoms with Crippen LogP contribution in [0, 0.1) is 17.5 Å². The lowest BCUT2D eigenvalue weighted by atomic mass is 10.00. The van der Waals surface area contributed by atoms with E-state index in [1.165, 1.54) is 23.0 Å². The van der Waals surface area contributed by atoms with Gasteiger partial charge in [0.15, 0.2) is 17.4 Å². The molecule has 0 spiro atoms. The van der Waals surface area contributed by atoms with Gasteiger partial charge in [0.2, 0.25) is 0 Å². The number of amides is 1. The lowest BCUT2D eigenvalue weighted by molar-refractivity contribution is -0.137. The van der Waals surface area contributed by atoms with Crippen LogP contribution in [-0.4, -0.2) is 80.9 Å². The number of carbonyl (C=O) groups excluding carboxylic acids is 3. The summed E-state index contributed by atoms with van der Waals surface area (Å²) >= 11 is 0. The standard InChI is InChI=1S/C24H30F3N3O6/c1-4-34-18(31)6-9-28-24(7-8-24)22(32)16-12-17(25)21(20(27)19(16)26)30-10-11-36-15(14-30)13-29(3)23(33)35-5-2/h6,9,12,15,28H,4-5,7-8,10-11,13-14H2,1-3H3/b9-6+. The number of anilines is 1. The molecule has 1 aromatic carbocycles. The molecule has 12 heteroatoms. The number of hydrogen-bond acceptors (Lipinski definition) is 8. The molecule has 0 aromatic heterocycles. The SMILES string of the molecule is CCOC(=O)/C=C/NC1(C(=O)c2cc(F)c(N3CCOC(CN(C)C(=O)OCC)C3)c(F)c2F)CC1. The molecule has 0 bridgehead atoms. The van der Waals surface area contributed by atoms with E-state index in [1.54, 1.807) is 13.8 Å². The summed E-state index contributed by atoms with van der Waals surface area (Å²) in [6, 6.07) is 0.697. The van der Waals surface area contributed by atoms with E-state index >= 15 is 13.2 Å². The van der Waals surface area contributed by atoms with Gasteiger partial charge in [-0.3, -0.25) is 4.79 Å². The summed E-state index contributed by atoms with van der Waals surface area (Å²) in [6.07, 6.45) is 1.74. The Morgan fingerprint density at radius 2 is 1.89 bits per heavy atom. The van der Waals surface area contributed by atoms with Gasteiger partial charge in [0, 0.05) is 32.4 Å². The van der Waals surface area contributed by atoms with Gasteiger partial charge in [0.25, 0.3) is 0 Å². The first-order valence-corrected chi connectivity index (χ1v) is 11.7. The van der Waals surface area contributed by atoms with E-state index in [4.69, 9.17) is 14.2 Å². The number of Topliss-reactive ketones (excluding diaryl/α,β-unsaturated/α-hetero) is 1. The maximum atomic E-state index is 15.1. The summed E-state index contributed by atoms with van der Waals surface area (Å²) in [5, 5.41) is 2.73. The van der Waals surface area contributed by atoms with Crippen molar-refractivity contribution in [1.29, 1.82) is 0 Å². The molecule has 1 aliphatic carbocycles. The quantitative estimate of drug-likeness (QED) is 0.221. The minimum Gasteiger partial charge on any atom is -0.463 e. The topological polar surface area (TPSA) is 97.4 Å². The van der Waals surface area contributed by atoms with Crippen molar-refractivity contribution in [3.05, 3.63) is 41.4 Å². The van der Waals surface area contributed by atoms with Crippen molar-refractivity contribution in [2.45, 2.75) is 38.3 Å². The van der Waals surface area contributed by atoms with Gasteiger partial charge in [-0.15, -0.1) is 0 Å². The molecule has 2 aliphatic rings. The molecule has 1 aliphatic heterocycles. The highest BCUT2D eigenvalue weighted by atomic mass is 19.2. The number of likely N-dealkylation sites (N-methyl/N-ethyl adjacent to an activating group) is 1. The number of rotatable bonds is 10. The normalized spacial score (nSPS) is 18.6. The number of ether oxygens (including phenoxy) is 3. The molecule has 1 atom stereocenters. The van der Waals surface area contributed by atoms with Crippen LogP contribution in [-0.2, 0) is 19.0 Å². The van der Waals surface area contributed by atoms with Gasteiger partial charge in [0.1, 0.15) is 17.0 Å². The molecule has 2 fully saturated rings. The van der Waals surface area contributed by atoms with E-state index < -0.39 is 58.2 Å². The molecule has 1 N–H and O–H groups in total. The third-order valence-corrected chi connectivity index (χ3v) is 5.94. The van der Waals surface area contributed by atoms with E-state index in [0.717, 1.165) is 6.08 Å². The summed E-state index contributed by atoms with van der Waals surface area (Å²) in [7, 11) is 1.51. The van der Waals surface area contributed by atoms with E-state index in [-0.39, 0.29) is 39.5 Å². The molecule has 0 radical (unpaired) electrons. The third kappa shape index (κ3) is 6.10. The van der Waals surface area contributed by atoms with Crippen LogP contribution in [0.1, 0.15) is 37.0 Å². The van der Waals surface area contributed by atoms with E-state index in [0.29, 0.717) is 18.9 Å². The molecular formula is C24H30F3N3O6. The molecule has 3 rings (SSSR count). The van der Waals surface area contributed by atoms with Crippen LogP contribution in [0.4, 0.5) is 23.7 Å². The number of halogens is 3. The fourth-order valence-electron chi connectivity index (χ4n) is 3.97. The second kappa shape index (κ2) is 11.6. The van der Waals surface area contributed by atoms with Crippen LogP contribution in [0.5, 0.6) is 0 Å². The van der Waals surface area contributed by atoms with E-state index in [9.17, 15) is 14.4 Å². The molecule has 1 saturated carbocycles. The minimum absolute atomic E-state index is 0.00549. The van der Waals surface area contributed by atoms with Crippen molar-refractivity contribution in [2.75, 3.05) is 51.4 Å². The van der Waals surface area contributed by atoms with Crippen molar-refractivity contribution in [3.63, 3.8) is 0 Å². The van der Waals surface area contributed by atoms with Gasteiger partial charge in [0.05, 0.1) is 38.0 Å². The van der Waals surface area contributed by atoms with Crippen LogP contribution >= 0.6 is 0 Å². The Morgan fingerprint density at radius 3 is 2.53 bits per heavy atom. The Morgan fingerprint density at radius 1 is 1.19 bits per heavy atom. The second-order valence-corrected chi connectivity index (χ2v) is 8.54. The van der Waals surface area contributed by atoms with Crippen LogP contribution in [0.3, 0.4) is 0 Å². The second-order valence-electron chi connectivity index (χ2n) is 8.54. The molecule has 1 amide bonds. The fourth-order valence-corrected chi connectivity index (χ4v) is 3.97. The molecule has 1 heterocycles. The van der Waals surface area contributed by atoms with Gasteiger partial charge in [-0.05, 0) is 32.8 Å². The highest BCUT2D eigenvalue weighted by Gasteiger charge is 2.50. The Kier molecular flexibility index (Phi) is 8.83. The van der Waals surface area contributed by atoms with Crippen molar-refractivity contribution in [2.24, 2.45) is 0 Å². The van der Waals surface area contributed by atoms with Crippen molar-refractivity contribution < 1.29 is 41.8 Å². The van der Waals surface area contributed by atoms with Crippen LogP contribution < -0.4 is 10.2 Å². The lowest BCUT2D eigenvalue weighted by Crippen LogP contribution is -2.48. The predicted molar refractivity (Wildman–Crippen MR) is 123 cm³/mol. The van der Waals surface area contributed by atoms with Gasteiger partial charge >= 0.3 is 12.1 Å². The summed E-state index contributed by atoms with van der Waals surface area (Å²) < 4.78 is 60.5. The highest BCUT2D eigenvalue weighted by molar-refractivity contribution is 6.06. The minimum atomic E-state index is -1.48. The maximum Gasteiger partial charge on any atom is 0.409 e. The number of nitrogens with zero attached hydrogens (tertiary/aromatic N) is 2. The van der Waals surface area contributed by atoms with Crippen molar-refractivity contribution in [3.8, 4) is 0 Å². The van der Waals surface area contributed by atoms with Crippen molar-refractivity contribution >= 4 is 23.5 Å². The van der Waals surface area contributed by atoms with Gasteiger partial charge < -0.3 is 29.3 Å². The summed E-state index contributed by atoms with van der Waals surface area (Å²) in [4.78, 5) is 38.8. The molecule has 9 nitrogen and oxygen atoms in total. The molecule has 1 unspecified atom stereocenters. The smallest absolute Gasteiger partial charge is 0.409 e. The number of carbonyl (C=O) groups is 3. The number of hydrogen-bond donors (Lipinski definition) is 1. The molecular weight excluding hydrogens is 483 g/mol. The van der Waals surface area contributed by atoms with Crippen LogP contribution in [0.2, 0.25) is 0 Å². The molecule has 1 saturated heterocycles. The van der Waals surface area contributed by atoms with Gasteiger partial charge in [-0.1, -0.05) is 0 Å². The Labute approximate surface area is 207 Å². The highest BCUT2D eigenvalue weighted by Crippen LogP contribution is 2.40. The molecule has 1 aromatic rings. The van der Waals surface area contributed by atoms with Crippen molar-refractivity contribution in [1.82, 2.24) is 10.2 Å².